The maximum Gasteiger partial charge on any atom is 0.308 e. The van der Waals surface area contributed by atoms with Crippen LogP contribution in [0.2, 0.25) is 0 Å². The molecule has 1 fully saturated rings. The van der Waals surface area contributed by atoms with E-state index in [0.717, 1.165) is 0 Å². The summed E-state index contributed by atoms with van der Waals surface area (Å²) in [6.45, 7) is 8.40. The zero-order chi connectivity index (χ0) is 11.5. The van der Waals surface area contributed by atoms with E-state index in [9.17, 15) is 4.79 Å². The topological polar surface area (TPSA) is 44.8 Å². The molecule has 0 aliphatic carbocycles. The molecule has 0 amide bonds. The summed E-state index contributed by atoms with van der Waals surface area (Å²) < 4.78 is 16.0. The summed E-state index contributed by atoms with van der Waals surface area (Å²) >= 11 is 0. The summed E-state index contributed by atoms with van der Waals surface area (Å²) in [6.07, 6.45) is 0.654. The van der Waals surface area contributed by atoms with Gasteiger partial charge < -0.3 is 14.2 Å². The second-order valence-electron chi connectivity index (χ2n) is 4.34. The van der Waals surface area contributed by atoms with E-state index in [0.29, 0.717) is 19.6 Å². The minimum Gasteiger partial charge on any atom is -0.466 e. The van der Waals surface area contributed by atoms with Crippen LogP contribution in [-0.2, 0) is 19.0 Å². The van der Waals surface area contributed by atoms with E-state index in [4.69, 9.17) is 14.2 Å². The van der Waals surface area contributed by atoms with Gasteiger partial charge in [-0.1, -0.05) is 6.92 Å². The number of carbonyl (C=O) groups excluding carboxylic acids is 1. The summed E-state index contributed by atoms with van der Waals surface area (Å²) in [6, 6.07) is 0. The first kappa shape index (κ1) is 12.5. The van der Waals surface area contributed by atoms with Crippen LogP contribution in [0.25, 0.3) is 0 Å². The molecule has 4 heteroatoms. The van der Waals surface area contributed by atoms with Gasteiger partial charge in [0.1, 0.15) is 0 Å². The third kappa shape index (κ3) is 3.80. The summed E-state index contributed by atoms with van der Waals surface area (Å²) in [5.41, 5.74) is 0. The van der Waals surface area contributed by atoms with Gasteiger partial charge >= 0.3 is 5.97 Å². The largest absolute Gasteiger partial charge is 0.466 e. The molecule has 0 unspecified atom stereocenters. The average molecular weight is 216 g/mol. The molecule has 0 radical (unpaired) electrons. The van der Waals surface area contributed by atoms with Crippen LogP contribution in [0, 0.1) is 5.92 Å². The summed E-state index contributed by atoms with van der Waals surface area (Å²) in [5.74, 6) is -0.808. The molecule has 2 atom stereocenters. The van der Waals surface area contributed by atoms with Gasteiger partial charge in [-0.25, -0.2) is 0 Å². The molecule has 0 spiro atoms. The predicted molar refractivity (Wildman–Crippen MR) is 55.3 cm³/mol. The summed E-state index contributed by atoms with van der Waals surface area (Å²) in [4.78, 5) is 11.4. The quantitative estimate of drug-likeness (QED) is 0.671. The first-order valence-corrected chi connectivity index (χ1v) is 5.43. The SMILES string of the molecule is CCOC(=O)[C@@H](C)C[C@H]1COC(C)(C)O1. The molecule has 4 nitrogen and oxygen atoms in total. The van der Waals surface area contributed by atoms with Gasteiger partial charge in [-0.3, -0.25) is 4.79 Å². The van der Waals surface area contributed by atoms with Crippen molar-refractivity contribution in [1.29, 1.82) is 0 Å². The zero-order valence-corrected chi connectivity index (χ0v) is 9.91. The second-order valence-corrected chi connectivity index (χ2v) is 4.34. The first-order valence-electron chi connectivity index (χ1n) is 5.43. The number of rotatable bonds is 4. The van der Waals surface area contributed by atoms with Crippen LogP contribution < -0.4 is 0 Å². The lowest BCUT2D eigenvalue weighted by molar-refractivity contribution is -0.153. The number of esters is 1. The van der Waals surface area contributed by atoms with E-state index in [1.54, 1.807) is 0 Å². The lowest BCUT2D eigenvalue weighted by Gasteiger charge is -2.18. The van der Waals surface area contributed by atoms with Crippen molar-refractivity contribution in [1.82, 2.24) is 0 Å². The minimum atomic E-state index is -0.515. The molecule has 0 saturated carbocycles. The third-order valence-electron chi connectivity index (χ3n) is 2.37. The van der Waals surface area contributed by atoms with Crippen LogP contribution in [0.4, 0.5) is 0 Å². The summed E-state index contributed by atoms with van der Waals surface area (Å²) in [5, 5.41) is 0. The highest BCUT2D eigenvalue weighted by Crippen LogP contribution is 2.26. The van der Waals surface area contributed by atoms with Gasteiger partial charge in [-0.05, 0) is 27.2 Å². The second kappa shape index (κ2) is 4.94. The predicted octanol–water partition coefficient (Wildman–Crippen LogP) is 1.73. The molecule has 0 N–H and O–H groups in total. The van der Waals surface area contributed by atoms with Crippen LogP contribution >= 0.6 is 0 Å². The molecule has 1 aliphatic rings. The normalized spacial score (nSPS) is 26.3. The van der Waals surface area contributed by atoms with E-state index in [2.05, 4.69) is 0 Å². The van der Waals surface area contributed by atoms with Crippen molar-refractivity contribution in [3.63, 3.8) is 0 Å². The Balaban J connectivity index is 2.33. The molecule has 0 aromatic heterocycles. The van der Waals surface area contributed by atoms with Crippen molar-refractivity contribution >= 4 is 5.97 Å². The van der Waals surface area contributed by atoms with E-state index in [1.807, 2.05) is 27.7 Å². The molecule has 0 aromatic rings. The first-order chi connectivity index (χ1) is 6.94. The van der Waals surface area contributed by atoms with Crippen molar-refractivity contribution in [2.24, 2.45) is 5.92 Å². The molecule has 0 bridgehead atoms. The lowest BCUT2D eigenvalue weighted by Crippen LogP contribution is -2.25. The molecular formula is C11H20O4. The fraction of sp³-hybridized carbons (Fsp3) is 0.909. The Kier molecular flexibility index (Phi) is 4.11. The standard InChI is InChI=1S/C11H20O4/c1-5-13-10(12)8(2)6-9-7-14-11(3,4)15-9/h8-9H,5-7H2,1-4H3/t8-,9-/m0/s1. The zero-order valence-electron chi connectivity index (χ0n) is 9.91. The Morgan fingerprint density at radius 1 is 1.60 bits per heavy atom. The van der Waals surface area contributed by atoms with Gasteiger partial charge in [0.05, 0.1) is 25.2 Å². The smallest absolute Gasteiger partial charge is 0.308 e. The van der Waals surface area contributed by atoms with Crippen LogP contribution in [-0.4, -0.2) is 31.1 Å². The van der Waals surface area contributed by atoms with E-state index < -0.39 is 5.79 Å². The highest BCUT2D eigenvalue weighted by Gasteiger charge is 2.34. The van der Waals surface area contributed by atoms with Crippen LogP contribution in [0.1, 0.15) is 34.1 Å². The van der Waals surface area contributed by atoms with Crippen molar-refractivity contribution in [2.45, 2.75) is 46.0 Å². The van der Waals surface area contributed by atoms with Crippen molar-refractivity contribution in [3.05, 3.63) is 0 Å². The number of hydrogen-bond acceptors (Lipinski definition) is 4. The number of hydrogen-bond donors (Lipinski definition) is 0. The monoisotopic (exact) mass is 216 g/mol. The van der Waals surface area contributed by atoms with Crippen LogP contribution in [0.3, 0.4) is 0 Å². The Labute approximate surface area is 90.9 Å². The van der Waals surface area contributed by atoms with Crippen LogP contribution in [0.5, 0.6) is 0 Å². The van der Waals surface area contributed by atoms with Gasteiger partial charge in [-0.2, -0.15) is 0 Å². The minimum absolute atomic E-state index is 0.000550. The van der Waals surface area contributed by atoms with Gasteiger partial charge in [-0.15, -0.1) is 0 Å². The van der Waals surface area contributed by atoms with Crippen molar-refractivity contribution in [2.75, 3.05) is 13.2 Å². The fourth-order valence-electron chi connectivity index (χ4n) is 1.65. The molecule has 1 saturated heterocycles. The van der Waals surface area contributed by atoms with Gasteiger partial charge in [0.25, 0.3) is 0 Å². The Bertz CT molecular complexity index is 225. The van der Waals surface area contributed by atoms with Crippen LogP contribution in [0.15, 0.2) is 0 Å². The molecule has 1 rings (SSSR count). The molecule has 0 aromatic carbocycles. The molecule has 1 heterocycles. The van der Waals surface area contributed by atoms with Gasteiger partial charge in [0.15, 0.2) is 5.79 Å². The Morgan fingerprint density at radius 3 is 2.73 bits per heavy atom. The van der Waals surface area contributed by atoms with E-state index >= 15 is 0 Å². The van der Waals surface area contributed by atoms with E-state index in [1.165, 1.54) is 0 Å². The maximum atomic E-state index is 11.4. The number of ether oxygens (including phenoxy) is 3. The van der Waals surface area contributed by atoms with E-state index in [-0.39, 0.29) is 18.0 Å². The average Bonchev–Trinajstić information content (AvgIpc) is 2.46. The third-order valence-corrected chi connectivity index (χ3v) is 2.37. The maximum absolute atomic E-state index is 11.4. The Hall–Kier alpha value is -0.610. The highest BCUT2D eigenvalue weighted by molar-refractivity contribution is 5.71. The van der Waals surface area contributed by atoms with Gasteiger partial charge in [0, 0.05) is 0 Å². The van der Waals surface area contributed by atoms with Crippen molar-refractivity contribution in [3.8, 4) is 0 Å². The molecular weight excluding hydrogens is 196 g/mol. The Morgan fingerprint density at radius 2 is 2.27 bits per heavy atom. The van der Waals surface area contributed by atoms with Gasteiger partial charge in [0.2, 0.25) is 0 Å². The molecule has 15 heavy (non-hydrogen) atoms. The molecule has 88 valence electrons. The number of carbonyl (C=O) groups is 1. The molecule has 1 aliphatic heterocycles. The fourth-order valence-corrected chi connectivity index (χ4v) is 1.65. The lowest BCUT2D eigenvalue weighted by atomic mass is 10.0. The van der Waals surface area contributed by atoms with Crippen molar-refractivity contribution < 1.29 is 19.0 Å². The summed E-state index contributed by atoms with van der Waals surface area (Å²) in [7, 11) is 0. The highest BCUT2D eigenvalue weighted by atomic mass is 16.7.